The number of fused-ring (bicyclic) bond motifs is 6. The SMILES string of the molecule is CC1C=Cc2c(n(C3=CCCC4Oc5cc(C6=NC(c7ccccc7)NC(C7C=CC(c8ccccc8)=CC7)=N6)ccc5C34C)c3ccccc23)C1. The molecule has 10 rings (SSSR count). The first-order valence-corrected chi connectivity index (χ1v) is 18.8. The van der Waals surface area contributed by atoms with E-state index >= 15 is 0 Å². The maximum Gasteiger partial charge on any atom is 0.159 e. The number of amidine groups is 2. The molecule has 5 aromatic rings. The summed E-state index contributed by atoms with van der Waals surface area (Å²) in [7, 11) is 0. The van der Waals surface area contributed by atoms with Crippen LogP contribution in [0, 0.1) is 11.8 Å². The third-order valence-corrected chi connectivity index (χ3v) is 11.8. The first-order valence-electron chi connectivity index (χ1n) is 18.8. The van der Waals surface area contributed by atoms with E-state index in [1.807, 2.05) is 0 Å². The quantitative estimate of drug-likeness (QED) is 0.201. The zero-order valence-electron chi connectivity index (χ0n) is 29.7. The average molecular weight is 679 g/mol. The molecule has 2 aliphatic heterocycles. The monoisotopic (exact) mass is 678 g/mol. The Morgan fingerprint density at radius 2 is 1.65 bits per heavy atom. The molecule has 5 aliphatic rings. The largest absolute Gasteiger partial charge is 0.489 e. The molecule has 0 fully saturated rings. The number of ether oxygens (including phenoxy) is 1. The van der Waals surface area contributed by atoms with Gasteiger partial charge in [0, 0.05) is 39.4 Å². The summed E-state index contributed by atoms with van der Waals surface area (Å²) in [5.41, 5.74) is 10.9. The maximum absolute atomic E-state index is 6.95. The van der Waals surface area contributed by atoms with Gasteiger partial charge in [0.2, 0.25) is 0 Å². The van der Waals surface area contributed by atoms with Crippen LogP contribution >= 0.6 is 0 Å². The smallest absolute Gasteiger partial charge is 0.159 e. The van der Waals surface area contributed by atoms with E-state index in [1.54, 1.807) is 0 Å². The lowest BCUT2D eigenvalue weighted by atomic mass is 9.71. The van der Waals surface area contributed by atoms with E-state index in [9.17, 15) is 0 Å². The summed E-state index contributed by atoms with van der Waals surface area (Å²) in [5, 5.41) is 5.02. The Hall–Kier alpha value is -5.68. The van der Waals surface area contributed by atoms with Crippen LogP contribution in [0.25, 0.3) is 28.2 Å². The molecule has 5 heteroatoms. The van der Waals surface area contributed by atoms with Crippen molar-refractivity contribution in [2.75, 3.05) is 0 Å². The molecule has 4 aromatic carbocycles. The molecule has 52 heavy (non-hydrogen) atoms. The lowest BCUT2D eigenvalue weighted by molar-refractivity contribution is 0.167. The van der Waals surface area contributed by atoms with Gasteiger partial charge in [-0.25, -0.2) is 9.98 Å². The fraction of sp³-hybridized carbons (Fsp3) is 0.234. The number of nitrogens with one attached hydrogen (secondary N) is 1. The van der Waals surface area contributed by atoms with Crippen LogP contribution < -0.4 is 10.1 Å². The van der Waals surface area contributed by atoms with Gasteiger partial charge in [-0.3, -0.25) is 0 Å². The van der Waals surface area contributed by atoms with E-state index in [-0.39, 0.29) is 23.6 Å². The summed E-state index contributed by atoms with van der Waals surface area (Å²) in [4.78, 5) is 10.4. The van der Waals surface area contributed by atoms with E-state index in [0.717, 1.165) is 54.2 Å². The molecule has 0 amide bonds. The highest BCUT2D eigenvalue weighted by Gasteiger charge is 2.51. The zero-order chi connectivity index (χ0) is 34.8. The average Bonchev–Trinajstić information content (AvgIpc) is 3.69. The van der Waals surface area contributed by atoms with Gasteiger partial charge in [-0.15, -0.1) is 0 Å². The predicted molar refractivity (Wildman–Crippen MR) is 214 cm³/mol. The van der Waals surface area contributed by atoms with Crippen LogP contribution in [-0.4, -0.2) is 22.3 Å². The predicted octanol–water partition coefficient (Wildman–Crippen LogP) is 10.3. The number of rotatable bonds is 5. The molecular weight excluding hydrogens is 637 g/mol. The van der Waals surface area contributed by atoms with Crippen LogP contribution in [-0.2, 0) is 11.8 Å². The Morgan fingerprint density at radius 1 is 0.846 bits per heavy atom. The molecule has 0 bridgehead atoms. The highest BCUT2D eigenvalue weighted by atomic mass is 16.5. The van der Waals surface area contributed by atoms with Crippen molar-refractivity contribution in [1.29, 1.82) is 0 Å². The minimum atomic E-state index is -0.293. The van der Waals surface area contributed by atoms with Gasteiger partial charge in [-0.2, -0.15) is 0 Å². The molecule has 5 atom stereocenters. The molecule has 1 N–H and O–H groups in total. The van der Waals surface area contributed by atoms with Crippen molar-refractivity contribution in [2.24, 2.45) is 21.8 Å². The number of hydrogen-bond acceptors (Lipinski definition) is 4. The van der Waals surface area contributed by atoms with Crippen molar-refractivity contribution in [3.63, 3.8) is 0 Å². The number of nitrogens with zero attached hydrogens (tertiary/aromatic N) is 3. The number of hydrogen-bond donors (Lipinski definition) is 1. The van der Waals surface area contributed by atoms with Crippen LogP contribution in [0.1, 0.15) is 72.8 Å². The van der Waals surface area contributed by atoms with Gasteiger partial charge in [-0.05, 0) is 67.4 Å². The molecule has 0 radical (unpaired) electrons. The summed E-state index contributed by atoms with van der Waals surface area (Å²) in [5.74, 6) is 3.25. The topological polar surface area (TPSA) is 50.9 Å². The highest BCUT2D eigenvalue weighted by molar-refractivity contribution is 6.09. The first-order chi connectivity index (χ1) is 25.5. The van der Waals surface area contributed by atoms with Crippen molar-refractivity contribution >= 4 is 39.9 Å². The molecule has 5 unspecified atom stereocenters. The summed E-state index contributed by atoms with van der Waals surface area (Å²) >= 11 is 0. The molecule has 3 heterocycles. The second-order valence-corrected chi connectivity index (χ2v) is 15.1. The second kappa shape index (κ2) is 12.2. The molecule has 0 saturated heterocycles. The van der Waals surface area contributed by atoms with E-state index in [2.05, 4.69) is 163 Å². The first kappa shape index (κ1) is 31.1. The van der Waals surface area contributed by atoms with Crippen LogP contribution in [0.2, 0.25) is 0 Å². The van der Waals surface area contributed by atoms with E-state index in [4.69, 9.17) is 14.7 Å². The molecule has 5 nitrogen and oxygen atoms in total. The van der Waals surface area contributed by atoms with Gasteiger partial charge < -0.3 is 14.6 Å². The summed E-state index contributed by atoms with van der Waals surface area (Å²) in [6.45, 7) is 4.72. The van der Waals surface area contributed by atoms with E-state index in [1.165, 1.54) is 44.6 Å². The van der Waals surface area contributed by atoms with E-state index in [0.29, 0.717) is 5.92 Å². The van der Waals surface area contributed by atoms with Crippen molar-refractivity contribution in [2.45, 2.75) is 57.2 Å². The highest BCUT2D eigenvalue weighted by Crippen LogP contribution is 2.54. The number of allylic oxidation sites excluding steroid dienone is 5. The van der Waals surface area contributed by atoms with Crippen molar-refractivity contribution in [1.82, 2.24) is 9.88 Å². The van der Waals surface area contributed by atoms with Crippen molar-refractivity contribution in [3.8, 4) is 5.75 Å². The molecule has 1 aromatic heterocycles. The Labute approximate surface area is 305 Å². The van der Waals surface area contributed by atoms with Gasteiger partial charge in [0.05, 0.1) is 10.9 Å². The Kier molecular flexibility index (Phi) is 7.31. The second-order valence-electron chi connectivity index (χ2n) is 15.1. The third-order valence-electron chi connectivity index (χ3n) is 11.8. The molecule has 256 valence electrons. The van der Waals surface area contributed by atoms with Crippen LogP contribution in [0.4, 0.5) is 0 Å². The van der Waals surface area contributed by atoms with Crippen LogP contribution in [0.3, 0.4) is 0 Å². The number of para-hydroxylation sites is 1. The normalized spacial score (nSPS) is 25.9. The van der Waals surface area contributed by atoms with Gasteiger partial charge in [0.1, 0.15) is 23.9 Å². The van der Waals surface area contributed by atoms with Crippen LogP contribution in [0.15, 0.2) is 143 Å². The van der Waals surface area contributed by atoms with Crippen LogP contribution in [0.5, 0.6) is 5.75 Å². The number of aliphatic imine (C=N–C) groups is 2. The fourth-order valence-corrected chi connectivity index (χ4v) is 9.06. The van der Waals surface area contributed by atoms with Gasteiger partial charge >= 0.3 is 0 Å². The standard InChI is InChI=1S/C47H42N4O/c1-30-20-26-37-36-16-9-10-17-39(36)51(40(37)28-30)42-18-11-19-43-47(42,2)38-27-25-35(29-41(38)52-43)46-49-44(33-14-7-4-8-15-33)48-45(50-46)34-23-21-32(22-24-34)31-12-5-3-6-13-31/h3-10,12-18,20-23,25-27,29-30,34,43-44H,11,19,24,28H2,1-2H3,(H,48,49,50). The van der Waals surface area contributed by atoms with Gasteiger partial charge in [0.25, 0.3) is 0 Å². The van der Waals surface area contributed by atoms with Gasteiger partial charge in [-0.1, -0.05) is 134 Å². The lowest BCUT2D eigenvalue weighted by Crippen LogP contribution is -2.40. The Bertz CT molecular complexity index is 2410. The summed E-state index contributed by atoms with van der Waals surface area (Å²) in [6, 6.07) is 36.7. The number of benzene rings is 4. The maximum atomic E-state index is 6.95. The molecule has 3 aliphatic carbocycles. The minimum absolute atomic E-state index is 0.0511. The number of aromatic nitrogens is 1. The van der Waals surface area contributed by atoms with Crippen molar-refractivity contribution in [3.05, 3.63) is 167 Å². The Balaban J connectivity index is 1.03. The molecular formula is C47H42N4O. The fourth-order valence-electron chi connectivity index (χ4n) is 9.06. The summed E-state index contributed by atoms with van der Waals surface area (Å²) in [6.07, 6.45) is 17.7. The third kappa shape index (κ3) is 4.97. The van der Waals surface area contributed by atoms with E-state index < -0.39 is 0 Å². The minimum Gasteiger partial charge on any atom is -0.489 e. The Morgan fingerprint density at radius 3 is 2.48 bits per heavy atom. The molecule has 0 spiro atoms. The summed E-state index contributed by atoms with van der Waals surface area (Å²) < 4.78 is 9.53. The van der Waals surface area contributed by atoms with Crippen molar-refractivity contribution < 1.29 is 4.74 Å². The molecule has 0 saturated carbocycles. The zero-order valence-corrected chi connectivity index (χ0v) is 29.7. The lowest BCUT2D eigenvalue weighted by Gasteiger charge is -2.38. The van der Waals surface area contributed by atoms with Gasteiger partial charge in [0.15, 0.2) is 5.84 Å².